The lowest BCUT2D eigenvalue weighted by Crippen LogP contribution is -2.31. The minimum atomic E-state index is -0.300. The summed E-state index contributed by atoms with van der Waals surface area (Å²) in [6.07, 6.45) is 4.60. The Morgan fingerprint density at radius 2 is 2.19 bits per heavy atom. The molecule has 2 heterocycles. The molecule has 86 valence electrons. The van der Waals surface area contributed by atoms with Gasteiger partial charge >= 0.3 is 5.97 Å². The highest BCUT2D eigenvalue weighted by Crippen LogP contribution is 2.49. The fourth-order valence-corrected chi connectivity index (χ4v) is 2.96. The second-order valence-electron chi connectivity index (χ2n) is 4.78. The molecule has 0 aromatic carbocycles. The zero-order valence-corrected chi connectivity index (χ0v) is 9.32. The standard InChI is InChI=1S/C11H15N3O2/c1-7-12-10(14-13-7)8-6-9(15)16-11(8)4-2-3-5-11/h8H,2-6H2,1H3,(H,12,13,14). The van der Waals surface area contributed by atoms with Gasteiger partial charge in [0.05, 0.1) is 12.3 Å². The van der Waals surface area contributed by atoms with Crippen molar-refractivity contribution in [1.82, 2.24) is 15.2 Å². The minimum Gasteiger partial charge on any atom is -0.458 e. The lowest BCUT2D eigenvalue weighted by atomic mass is 9.85. The van der Waals surface area contributed by atoms with Crippen LogP contribution in [0.4, 0.5) is 0 Å². The molecule has 1 atom stereocenters. The smallest absolute Gasteiger partial charge is 0.307 e. The third-order valence-electron chi connectivity index (χ3n) is 3.70. The molecule has 16 heavy (non-hydrogen) atoms. The first-order valence-electron chi connectivity index (χ1n) is 5.80. The van der Waals surface area contributed by atoms with Gasteiger partial charge in [-0.3, -0.25) is 9.89 Å². The van der Waals surface area contributed by atoms with Crippen LogP contribution in [0.3, 0.4) is 0 Å². The first kappa shape index (κ1) is 9.81. The molecule has 1 aliphatic heterocycles. The van der Waals surface area contributed by atoms with Crippen molar-refractivity contribution >= 4 is 5.97 Å². The van der Waals surface area contributed by atoms with Gasteiger partial charge in [-0.15, -0.1) is 0 Å². The number of esters is 1. The molecule has 1 aromatic rings. The Bertz CT molecular complexity index is 421. The number of carbonyl (C=O) groups is 1. The lowest BCUT2D eigenvalue weighted by Gasteiger charge is -2.26. The van der Waals surface area contributed by atoms with Gasteiger partial charge in [-0.25, -0.2) is 4.98 Å². The van der Waals surface area contributed by atoms with Gasteiger partial charge in [0.2, 0.25) is 0 Å². The predicted octanol–water partition coefficient (Wildman–Crippen LogP) is 1.46. The summed E-state index contributed by atoms with van der Waals surface area (Å²) in [4.78, 5) is 15.9. The summed E-state index contributed by atoms with van der Waals surface area (Å²) >= 11 is 0. The second kappa shape index (κ2) is 3.30. The van der Waals surface area contributed by atoms with Crippen LogP contribution in [-0.4, -0.2) is 26.8 Å². The first-order valence-corrected chi connectivity index (χ1v) is 5.80. The Hall–Kier alpha value is -1.39. The molecule has 1 saturated carbocycles. The van der Waals surface area contributed by atoms with Crippen LogP contribution < -0.4 is 0 Å². The summed E-state index contributed by atoms with van der Waals surface area (Å²) in [5.74, 6) is 1.48. The van der Waals surface area contributed by atoms with E-state index in [0.717, 1.165) is 37.3 Å². The molecule has 2 fully saturated rings. The molecule has 0 bridgehead atoms. The summed E-state index contributed by atoms with van der Waals surface area (Å²) in [7, 11) is 0. The van der Waals surface area contributed by atoms with E-state index in [9.17, 15) is 4.79 Å². The van der Waals surface area contributed by atoms with E-state index in [1.807, 2.05) is 6.92 Å². The quantitative estimate of drug-likeness (QED) is 0.729. The third kappa shape index (κ3) is 1.34. The van der Waals surface area contributed by atoms with Crippen LogP contribution >= 0.6 is 0 Å². The van der Waals surface area contributed by atoms with Crippen LogP contribution in [0.25, 0.3) is 0 Å². The van der Waals surface area contributed by atoms with Crippen LogP contribution in [0.15, 0.2) is 0 Å². The normalized spacial score (nSPS) is 27.6. The lowest BCUT2D eigenvalue weighted by molar-refractivity contribution is -0.148. The van der Waals surface area contributed by atoms with E-state index in [4.69, 9.17) is 4.74 Å². The number of aryl methyl sites for hydroxylation is 1. The molecular formula is C11H15N3O2. The van der Waals surface area contributed by atoms with E-state index < -0.39 is 0 Å². The summed E-state index contributed by atoms with van der Waals surface area (Å²) < 4.78 is 5.55. The second-order valence-corrected chi connectivity index (χ2v) is 4.78. The Labute approximate surface area is 93.6 Å². The average Bonchev–Trinajstić information content (AvgIpc) is 2.90. The predicted molar refractivity (Wildman–Crippen MR) is 55.8 cm³/mol. The fraction of sp³-hybridized carbons (Fsp3) is 0.727. The number of ether oxygens (including phenoxy) is 1. The first-order chi connectivity index (χ1) is 7.70. The maximum Gasteiger partial charge on any atom is 0.307 e. The van der Waals surface area contributed by atoms with E-state index in [-0.39, 0.29) is 17.5 Å². The number of nitrogens with one attached hydrogen (secondary N) is 1. The van der Waals surface area contributed by atoms with Crippen molar-refractivity contribution in [2.24, 2.45) is 0 Å². The van der Waals surface area contributed by atoms with Crippen molar-refractivity contribution in [3.8, 4) is 0 Å². The number of hydrogen-bond acceptors (Lipinski definition) is 4. The van der Waals surface area contributed by atoms with Crippen molar-refractivity contribution in [1.29, 1.82) is 0 Å². The monoisotopic (exact) mass is 221 g/mol. The molecule has 1 unspecified atom stereocenters. The number of hydrogen-bond donors (Lipinski definition) is 1. The molecule has 5 heteroatoms. The zero-order chi connectivity index (χ0) is 11.2. The summed E-state index contributed by atoms with van der Waals surface area (Å²) in [6, 6.07) is 0. The highest BCUT2D eigenvalue weighted by atomic mass is 16.6. The van der Waals surface area contributed by atoms with Crippen LogP contribution in [-0.2, 0) is 9.53 Å². The molecule has 1 N–H and O–H groups in total. The van der Waals surface area contributed by atoms with Crippen molar-refractivity contribution in [3.63, 3.8) is 0 Å². The number of rotatable bonds is 1. The van der Waals surface area contributed by atoms with Crippen LogP contribution in [0.1, 0.15) is 49.7 Å². The average molecular weight is 221 g/mol. The Morgan fingerprint density at radius 1 is 1.44 bits per heavy atom. The summed E-state index contributed by atoms with van der Waals surface area (Å²) in [6.45, 7) is 1.87. The van der Waals surface area contributed by atoms with Gasteiger partial charge in [0.15, 0.2) is 5.82 Å². The molecule has 1 saturated heterocycles. The van der Waals surface area contributed by atoms with E-state index in [1.54, 1.807) is 0 Å². The van der Waals surface area contributed by atoms with Crippen molar-refractivity contribution in [3.05, 3.63) is 11.6 Å². The fourth-order valence-electron chi connectivity index (χ4n) is 2.96. The maximum absolute atomic E-state index is 11.5. The van der Waals surface area contributed by atoms with Crippen molar-refractivity contribution in [2.45, 2.75) is 50.5 Å². The minimum absolute atomic E-state index is 0.0486. The molecule has 0 radical (unpaired) electrons. The number of aromatic amines is 1. The van der Waals surface area contributed by atoms with E-state index in [1.165, 1.54) is 0 Å². The van der Waals surface area contributed by atoms with Gasteiger partial charge in [0, 0.05) is 0 Å². The van der Waals surface area contributed by atoms with Crippen molar-refractivity contribution < 1.29 is 9.53 Å². The van der Waals surface area contributed by atoms with Gasteiger partial charge < -0.3 is 4.74 Å². The summed E-state index contributed by atoms with van der Waals surface area (Å²) in [5.41, 5.74) is -0.300. The van der Waals surface area contributed by atoms with Crippen molar-refractivity contribution in [2.75, 3.05) is 0 Å². The van der Waals surface area contributed by atoms with Gasteiger partial charge in [-0.1, -0.05) is 0 Å². The largest absolute Gasteiger partial charge is 0.458 e. The van der Waals surface area contributed by atoms with E-state index in [0.29, 0.717) is 6.42 Å². The van der Waals surface area contributed by atoms with E-state index >= 15 is 0 Å². The molecule has 1 aromatic heterocycles. The van der Waals surface area contributed by atoms with Gasteiger partial charge in [-0.2, -0.15) is 5.10 Å². The number of H-pyrrole nitrogens is 1. The van der Waals surface area contributed by atoms with Crippen LogP contribution in [0.2, 0.25) is 0 Å². The molecule has 1 aliphatic carbocycles. The highest BCUT2D eigenvalue weighted by molar-refractivity contribution is 5.74. The maximum atomic E-state index is 11.5. The molecule has 1 spiro atoms. The summed E-state index contributed by atoms with van der Waals surface area (Å²) in [5, 5.41) is 7.02. The molecule has 3 rings (SSSR count). The van der Waals surface area contributed by atoms with E-state index in [2.05, 4.69) is 15.2 Å². The molecule has 5 nitrogen and oxygen atoms in total. The molecular weight excluding hydrogens is 206 g/mol. The zero-order valence-electron chi connectivity index (χ0n) is 9.32. The number of aromatic nitrogens is 3. The Balaban J connectivity index is 1.96. The Morgan fingerprint density at radius 3 is 2.81 bits per heavy atom. The van der Waals surface area contributed by atoms with Gasteiger partial charge in [0.1, 0.15) is 11.4 Å². The number of nitrogens with zero attached hydrogens (tertiary/aromatic N) is 2. The Kier molecular flexibility index (Phi) is 2.02. The van der Waals surface area contributed by atoms with Gasteiger partial charge in [-0.05, 0) is 32.6 Å². The highest BCUT2D eigenvalue weighted by Gasteiger charge is 2.52. The van der Waals surface area contributed by atoms with Gasteiger partial charge in [0.25, 0.3) is 0 Å². The van der Waals surface area contributed by atoms with Crippen LogP contribution in [0, 0.1) is 6.92 Å². The topological polar surface area (TPSA) is 67.9 Å². The van der Waals surface area contributed by atoms with Crippen LogP contribution in [0.5, 0.6) is 0 Å². The molecule has 2 aliphatic rings. The number of carbonyl (C=O) groups excluding carboxylic acids is 1. The third-order valence-corrected chi connectivity index (χ3v) is 3.70. The molecule has 0 amide bonds. The SMILES string of the molecule is Cc1nc(C2CC(=O)OC23CCCC3)n[nH]1.